The Morgan fingerprint density at radius 3 is 2.64 bits per heavy atom. The molecule has 0 spiro atoms. The molecular weight excluding hydrogens is 321 g/mol. The molecule has 128 valence electrons. The summed E-state index contributed by atoms with van der Waals surface area (Å²) in [6, 6.07) is 5.05. The molecule has 7 heteroatoms. The van der Waals surface area contributed by atoms with E-state index in [4.69, 9.17) is 4.42 Å². The largest absolute Gasteiger partial charge is 0.423 e. The number of oxazole rings is 1. The third-order valence-corrected chi connectivity index (χ3v) is 5.26. The number of nitrogens with zero attached hydrogens (tertiary/aromatic N) is 5. The quantitative estimate of drug-likeness (QED) is 0.715. The van der Waals surface area contributed by atoms with Crippen molar-refractivity contribution in [1.29, 1.82) is 0 Å². The predicted octanol–water partition coefficient (Wildman–Crippen LogP) is 2.64. The van der Waals surface area contributed by atoms with E-state index in [1.165, 1.54) is 12.1 Å². The Morgan fingerprint density at radius 1 is 1.12 bits per heavy atom. The Labute approximate surface area is 144 Å². The van der Waals surface area contributed by atoms with Crippen LogP contribution in [0.1, 0.15) is 5.56 Å². The molecule has 2 unspecified atom stereocenters. The number of rotatable bonds is 2. The first-order valence-electron chi connectivity index (χ1n) is 8.50. The zero-order valence-corrected chi connectivity index (χ0v) is 13.9. The van der Waals surface area contributed by atoms with Crippen LogP contribution in [-0.4, -0.2) is 41.1 Å². The summed E-state index contributed by atoms with van der Waals surface area (Å²) < 4.78 is 19.2. The topological polar surface area (TPSA) is 58.3 Å². The molecule has 2 aromatic heterocycles. The maximum absolute atomic E-state index is 13.3. The minimum atomic E-state index is -0.290. The summed E-state index contributed by atoms with van der Waals surface area (Å²) in [5, 5.41) is 0. The molecule has 2 atom stereocenters. The van der Waals surface area contributed by atoms with Gasteiger partial charge in [0.2, 0.25) is 0 Å². The maximum atomic E-state index is 13.3. The second-order valence-corrected chi connectivity index (χ2v) is 6.97. The molecule has 0 amide bonds. The van der Waals surface area contributed by atoms with Gasteiger partial charge in [-0.2, -0.15) is 4.98 Å². The second kappa shape index (κ2) is 5.40. The highest BCUT2D eigenvalue weighted by Gasteiger charge is 2.42. The molecule has 2 aliphatic rings. The Balaban J connectivity index is 1.34. The van der Waals surface area contributed by atoms with Crippen LogP contribution in [0, 0.1) is 24.6 Å². The summed E-state index contributed by atoms with van der Waals surface area (Å²) >= 11 is 0. The molecule has 0 N–H and O–H groups in total. The molecule has 0 bridgehead atoms. The average Bonchev–Trinajstić information content (AvgIpc) is 3.26. The van der Waals surface area contributed by atoms with Crippen LogP contribution in [-0.2, 0) is 0 Å². The molecular formula is C18H18FN5O. The van der Waals surface area contributed by atoms with Gasteiger partial charge < -0.3 is 14.2 Å². The van der Waals surface area contributed by atoms with E-state index in [9.17, 15) is 4.39 Å². The predicted molar refractivity (Wildman–Crippen MR) is 92.1 cm³/mol. The van der Waals surface area contributed by atoms with E-state index in [-0.39, 0.29) is 5.82 Å². The summed E-state index contributed by atoms with van der Waals surface area (Å²) in [6.45, 7) is 5.82. The van der Waals surface area contributed by atoms with E-state index in [1.54, 1.807) is 12.4 Å². The van der Waals surface area contributed by atoms with Crippen LogP contribution in [0.5, 0.6) is 0 Å². The second-order valence-electron chi connectivity index (χ2n) is 6.97. The van der Waals surface area contributed by atoms with Crippen molar-refractivity contribution in [3.8, 4) is 0 Å². The molecule has 2 fully saturated rings. The number of halogens is 1. The van der Waals surface area contributed by atoms with Crippen molar-refractivity contribution < 1.29 is 8.81 Å². The van der Waals surface area contributed by atoms with Gasteiger partial charge in [0.25, 0.3) is 6.01 Å². The van der Waals surface area contributed by atoms with E-state index < -0.39 is 0 Å². The van der Waals surface area contributed by atoms with Crippen LogP contribution < -0.4 is 9.80 Å². The monoisotopic (exact) mass is 339 g/mol. The van der Waals surface area contributed by atoms with E-state index >= 15 is 0 Å². The van der Waals surface area contributed by atoms with Gasteiger partial charge in [-0.3, -0.25) is 0 Å². The van der Waals surface area contributed by atoms with Crippen molar-refractivity contribution in [3.63, 3.8) is 0 Å². The number of aromatic nitrogens is 3. The standard InChI is InChI=1S/C18H18FN5O/c1-11-5-20-10-21-17(11)23-6-12-8-24(9-13(12)7-23)18-22-15-4-14(19)2-3-16(15)25-18/h2-5,10,12-13H,6-9H2,1H3. The van der Waals surface area contributed by atoms with Crippen LogP contribution in [0.25, 0.3) is 11.1 Å². The fourth-order valence-electron chi connectivity index (χ4n) is 4.07. The van der Waals surface area contributed by atoms with Gasteiger partial charge in [0.1, 0.15) is 23.5 Å². The summed E-state index contributed by atoms with van der Waals surface area (Å²) in [5.74, 6) is 1.86. The fourth-order valence-corrected chi connectivity index (χ4v) is 4.07. The van der Waals surface area contributed by atoms with Crippen molar-refractivity contribution in [1.82, 2.24) is 15.0 Å². The van der Waals surface area contributed by atoms with Gasteiger partial charge in [0.15, 0.2) is 5.58 Å². The van der Waals surface area contributed by atoms with Gasteiger partial charge in [-0.1, -0.05) is 0 Å². The molecule has 0 radical (unpaired) electrons. The minimum Gasteiger partial charge on any atom is -0.423 e. The van der Waals surface area contributed by atoms with Crippen molar-refractivity contribution in [3.05, 3.63) is 42.1 Å². The molecule has 0 saturated carbocycles. The highest BCUT2D eigenvalue weighted by atomic mass is 19.1. The van der Waals surface area contributed by atoms with Gasteiger partial charge in [-0.05, 0) is 19.1 Å². The molecule has 6 nitrogen and oxygen atoms in total. The fraction of sp³-hybridized carbons (Fsp3) is 0.389. The number of anilines is 2. The molecule has 4 heterocycles. The number of hydrogen-bond acceptors (Lipinski definition) is 6. The molecule has 2 saturated heterocycles. The zero-order valence-electron chi connectivity index (χ0n) is 13.9. The number of benzene rings is 1. The number of aryl methyl sites for hydroxylation is 1. The Hall–Kier alpha value is -2.70. The first-order chi connectivity index (χ1) is 12.2. The maximum Gasteiger partial charge on any atom is 0.298 e. The number of hydrogen-bond donors (Lipinski definition) is 0. The van der Waals surface area contributed by atoms with Gasteiger partial charge in [0.05, 0.1) is 0 Å². The van der Waals surface area contributed by atoms with Gasteiger partial charge in [-0.25, -0.2) is 14.4 Å². The van der Waals surface area contributed by atoms with E-state index in [0.29, 0.717) is 29.0 Å². The van der Waals surface area contributed by atoms with Crippen molar-refractivity contribution in [2.45, 2.75) is 6.92 Å². The van der Waals surface area contributed by atoms with Crippen LogP contribution in [0.3, 0.4) is 0 Å². The first-order valence-corrected chi connectivity index (χ1v) is 8.50. The lowest BCUT2D eigenvalue weighted by Gasteiger charge is -2.22. The number of fused-ring (bicyclic) bond motifs is 2. The van der Waals surface area contributed by atoms with Gasteiger partial charge >= 0.3 is 0 Å². The zero-order chi connectivity index (χ0) is 17.0. The molecule has 1 aromatic carbocycles. The van der Waals surface area contributed by atoms with Crippen LogP contribution in [0.15, 0.2) is 35.1 Å². The summed E-state index contributed by atoms with van der Waals surface area (Å²) in [6.07, 6.45) is 3.47. The summed E-state index contributed by atoms with van der Waals surface area (Å²) in [5.41, 5.74) is 2.32. The van der Waals surface area contributed by atoms with Crippen LogP contribution >= 0.6 is 0 Å². The minimum absolute atomic E-state index is 0.290. The Kier molecular flexibility index (Phi) is 3.16. The smallest absolute Gasteiger partial charge is 0.298 e. The Bertz CT molecular complexity index is 928. The molecule has 5 rings (SSSR count). The highest BCUT2D eigenvalue weighted by Crippen LogP contribution is 2.36. The molecule has 3 aromatic rings. The van der Waals surface area contributed by atoms with E-state index in [2.05, 4.69) is 24.8 Å². The third kappa shape index (κ3) is 2.42. The third-order valence-electron chi connectivity index (χ3n) is 5.26. The van der Waals surface area contributed by atoms with Crippen LogP contribution in [0.2, 0.25) is 0 Å². The first kappa shape index (κ1) is 14.6. The molecule has 0 aliphatic carbocycles. The van der Waals surface area contributed by atoms with Crippen LogP contribution in [0.4, 0.5) is 16.2 Å². The highest BCUT2D eigenvalue weighted by molar-refractivity contribution is 5.74. The van der Waals surface area contributed by atoms with Gasteiger partial charge in [-0.15, -0.1) is 0 Å². The Morgan fingerprint density at radius 2 is 1.88 bits per heavy atom. The van der Waals surface area contributed by atoms with E-state index in [0.717, 1.165) is 37.6 Å². The lowest BCUT2D eigenvalue weighted by molar-refractivity contribution is 0.533. The normalized spacial score (nSPS) is 22.8. The van der Waals surface area contributed by atoms with Crippen molar-refractivity contribution in [2.24, 2.45) is 11.8 Å². The summed E-state index contributed by atoms with van der Waals surface area (Å²) in [7, 11) is 0. The molecule has 2 aliphatic heterocycles. The van der Waals surface area contributed by atoms with Crippen molar-refractivity contribution >= 4 is 22.9 Å². The average molecular weight is 339 g/mol. The van der Waals surface area contributed by atoms with E-state index in [1.807, 2.05) is 13.1 Å². The summed E-state index contributed by atoms with van der Waals surface area (Å²) in [4.78, 5) is 17.5. The van der Waals surface area contributed by atoms with Crippen molar-refractivity contribution in [2.75, 3.05) is 36.0 Å². The van der Waals surface area contributed by atoms with Gasteiger partial charge in [0, 0.05) is 55.8 Å². The lowest BCUT2D eigenvalue weighted by Crippen LogP contribution is -2.29. The molecule has 25 heavy (non-hydrogen) atoms. The lowest BCUT2D eigenvalue weighted by atomic mass is 10.0. The SMILES string of the molecule is Cc1cncnc1N1CC2CN(c3nc4cc(F)ccc4o3)CC2C1.